The summed E-state index contributed by atoms with van der Waals surface area (Å²) in [6.07, 6.45) is 0. The van der Waals surface area contributed by atoms with Crippen LogP contribution in [0.2, 0.25) is 5.02 Å². The van der Waals surface area contributed by atoms with Gasteiger partial charge < -0.3 is 10.1 Å². The minimum atomic E-state index is 0.648. The normalized spacial score (nSPS) is 10.6. The summed E-state index contributed by atoms with van der Waals surface area (Å²) < 4.78 is 5.36. The minimum absolute atomic E-state index is 0.648. The van der Waals surface area contributed by atoms with Crippen LogP contribution >= 0.6 is 11.6 Å². The number of rotatable bonds is 4. The molecule has 3 rings (SSSR count). The SMILES string of the molecule is COc1cccc2ccc(CNc3ccc(Cl)cc3)nc12. The molecule has 0 amide bonds. The van der Waals surface area contributed by atoms with Crippen LogP contribution in [-0.2, 0) is 6.54 Å². The molecular formula is C17H15ClN2O. The van der Waals surface area contributed by atoms with E-state index in [1.165, 1.54) is 0 Å². The molecule has 0 atom stereocenters. The van der Waals surface area contributed by atoms with Crippen molar-refractivity contribution in [1.82, 2.24) is 4.98 Å². The van der Waals surface area contributed by atoms with Crippen molar-refractivity contribution in [2.75, 3.05) is 12.4 Å². The van der Waals surface area contributed by atoms with Gasteiger partial charge in [-0.25, -0.2) is 4.98 Å². The number of pyridine rings is 1. The Hall–Kier alpha value is -2.26. The van der Waals surface area contributed by atoms with Gasteiger partial charge in [-0.05, 0) is 36.4 Å². The summed E-state index contributed by atoms with van der Waals surface area (Å²) in [5, 5.41) is 5.13. The lowest BCUT2D eigenvalue weighted by molar-refractivity contribution is 0.419. The number of aromatic nitrogens is 1. The first-order chi connectivity index (χ1) is 10.3. The van der Waals surface area contributed by atoms with E-state index in [9.17, 15) is 0 Å². The molecule has 3 aromatic rings. The lowest BCUT2D eigenvalue weighted by Gasteiger charge is -2.09. The monoisotopic (exact) mass is 298 g/mol. The molecule has 0 aliphatic rings. The number of methoxy groups -OCH3 is 1. The third-order valence-corrected chi connectivity index (χ3v) is 3.53. The van der Waals surface area contributed by atoms with E-state index in [-0.39, 0.29) is 0 Å². The van der Waals surface area contributed by atoms with Gasteiger partial charge in [-0.1, -0.05) is 29.8 Å². The fourth-order valence-electron chi connectivity index (χ4n) is 2.18. The largest absolute Gasteiger partial charge is 0.494 e. The lowest BCUT2D eigenvalue weighted by Crippen LogP contribution is -2.02. The Bertz CT molecular complexity index is 756. The number of nitrogens with one attached hydrogen (secondary N) is 1. The van der Waals surface area contributed by atoms with Crippen LogP contribution in [0, 0.1) is 0 Å². The van der Waals surface area contributed by atoms with Gasteiger partial charge in [-0.2, -0.15) is 0 Å². The van der Waals surface area contributed by atoms with Crippen molar-refractivity contribution in [2.45, 2.75) is 6.54 Å². The molecule has 3 nitrogen and oxygen atoms in total. The number of hydrogen-bond donors (Lipinski definition) is 1. The Morgan fingerprint density at radius 3 is 2.62 bits per heavy atom. The molecule has 0 spiro atoms. The quantitative estimate of drug-likeness (QED) is 0.769. The number of benzene rings is 2. The molecule has 1 heterocycles. The summed E-state index contributed by atoms with van der Waals surface area (Å²) in [7, 11) is 1.66. The molecule has 106 valence electrons. The van der Waals surface area contributed by atoms with Gasteiger partial charge in [0.2, 0.25) is 0 Å². The predicted octanol–water partition coefficient (Wildman–Crippen LogP) is 4.51. The molecule has 0 saturated carbocycles. The molecule has 1 aromatic heterocycles. The Morgan fingerprint density at radius 1 is 1.05 bits per heavy atom. The topological polar surface area (TPSA) is 34.1 Å². The molecule has 0 bridgehead atoms. The highest BCUT2D eigenvalue weighted by molar-refractivity contribution is 6.30. The van der Waals surface area contributed by atoms with Crippen molar-refractivity contribution in [3.63, 3.8) is 0 Å². The predicted molar refractivity (Wildman–Crippen MR) is 87.1 cm³/mol. The maximum Gasteiger partial charge on any atom is 0.145 e. The van der Waals surface area contributed by atoms with Crippen LogP contribution in [0.1, 0.15) is 5.69 Å². The first-order valence-corrected chi connectivity index (χ1v) is 7.06. The minimum Gasteiger partial charge on any atom is -0.494 e. The highest BCUT2D eigenvalue weighted by atomic mass is 35.5. The number of fused-ring (bicyclic) bond motifs is 1. The number of ether oxygens (including phenoxy) is 1. The van der Waals surface area contributed by atoms with Crippen molar-refractivity contribution in [2.24, 2.45) is 0 Å². The Balaban J connectivity index is 1.82. The van der Waals surface area contributed by atoms with E-state index >= 15 is 0 Å². The second-order valence-corrected chi connectivity index (χ2v) is 5.13. The van der Waals surface area contributed by atoms with E-state index in [1.807, 2.05) is 48.5 Å². The second-order valence-electron chi connectivity index (χ2n) is 4.70. The Kier molecular flexibility index (Phi) is 3.93. The zero-order valence-corrected chi connectivity index (χ0v) is 12.4. The maximum absolute atomic E-state index is 5.87. The van der Waals surface area contributed by atoms with Crippen molar-refractivity contribution < 1.29 is 4.74 Å². The molecule has 0 aliphatic carbocycles. The average molecular weight is 299 g/mol. The number of para-hydroxylation sites is 1. The summed E-state index contributed by atoms with van der Waals surface area (Å²) in [6, 6.07) is 17.6. The summed E-state index contributed by atoms with van der Waals surface area (Å²) in [5.41, 5.74) is 2.86. The van der Waals surface area contributed by atoms with Gasteiger partial charge in [0.05, 0.1) is 19.3 Å². The fourth-order valence-corrected chi connectivity index (χ4v) is 2.31. The van der Waals surface area contributed by atoms with Crippen molar-refractivity contribution in [1.29, 1.82) is 0 Å². The van der Waals surface area contributed by atoms with Gasteiger partial charge in [0.1, 0.15) is 11.3 Å². The molecule has 0 saturated heterocycles. The molecule has 2 aromatic carbocycles. The molecular weight excluding hydrogens is 284 g/mol. The van der Waals surface area contributed by atoms with Crippen molar-refractivity contribution in [3.8, 4) is 5.75 Å². The van der Waals surface area contributed by atoms with Gasteiger partial charge in [0.15, 0.2) is 0 Å². The number of anilines is 1. The smallest absolute Gasteiger partial charge is 0.145 e. The van der Waals surface area contributed by atoms with Crippen LogP contribution in [0.3, 0.4) is 0 Å². The maximum atomic E-state index is 5.87. The van der Waals surface area contributed by atoms with E-state index in [0.717, 1.165) is 33.1 Å². The molecule has 0 fully saturated rings. The fraction of sp³-hybridized carbons (Fsp3) is 0.118. The number of hydrogen-bond acceptors (Lipinski definition) is 3. The van der Waals surface area contributed by atoms with Gasteiger partial charge in [-0.15, -0.1) is 0 Å². The zero-order chi connectivity index (χ0) is 14.7. The Morgan fingerprint density at radius 2 is 1.86 bits per heavy atom. The molecule has 4 heteroatoms. The zero-order valence-electron chi connectivity index (χ0n) is 11.6. The first-order valence-electron chi connectivity index (χ1n) is 6.68. The third kappa shape index (κ3) is 3.09. The van der Waals surface area contributed by atoms with Gasteiger partial charge >= 0.3 is 0 Å². The van der Waals surface area contributed by atoms with E-state index in [4.69, 9.17) is 16.3 Å². The summed E-state index contributed by atoms with van der Waals surface area (Å²) >= 11 is 5.87. The molecule has 1 N–H and O–H groups in total. The van der Waals surface area contributed by atoms with E-state index < -0.39 is 0 Å². The van der Waals surface area contributed by atoms with E-state index in [1.54, 1.807) is 7.11 Å². The van der Waals surface area contributed by atoms with Crippen LogP contribution in [0.5, 0.6) is 5.75 Å². The third-order valence-electron chi connectivity index (χ3n) is 3.28. The van der Waals surface area contributed by atoms with Crippen LogP contribution in [0.15, 0.2) is 54.6 Å². The lowest BCUT2D eigenvalue weighted by atomic mass is 10.2. The molecule has 0 unspecified atom stereocenters. The Labute approximate surface area is 128 Å². The standard InChI is InChI=1S/C17H15ClN2O/c1-21-16-4-2-3-12-5-8-15(20-17(12)16)11-19-14-9-6-13(18)7-10-14/h2-10,19H,11H2,1H3. The summed E-state index contributed by atoms with van der Waals surface area (Å²) in [6.45, 7) is 0.648. The van der Waals surface area contributed by atoms with Crippen molar-refractivity contribution in [3.05, 3.63) is 65.3 Å². The molecule has 21 heavy (non-hydrogen) atoms. The highest BCUT2D eigenvalue weighted by Gasteiger charge is 2.04. The van der Waals surface area contributed by atoms with E-state index in [0.29, 0.717) is 6.54 Å². The second kappa shape index (κ2) is 6.02. The summed E-state index contributed by atoms with van der Waals surface area (Å²) in [5.74, 6) is 0.792. The average Bonchev–Trinajstić information content (AvgIpc) is 2.53. The van der Waals surface area contributed by atoms with Gasteiger partial charge in [-0.3, -0.25) is 0 Å². The van der Waals surface area contributed by atoms with Crippen LogP contribution < -0.4 is 10.1 Å². The van der Waals surface area contributed by atoms with Gasteiger partial charge in [0.25, 0.3) is 0 Å². The molecule has 0 aliphatic heterocycles. The van der Waals surface area contributed by atoms with Gasteiger partial charge in [0, 0.05) is 16.1 Å². The number of nitrogens with zero attached hydrogens (tertiary/aromatic N) is 1. The van der Waals surface area contributed by atoms with Crippen LogP contribution in [-0.4, -0.2) is 12.1 Å². The van der Waals surface area contributed by atoms with E-state index in [2.05, 4.69) is 16.4 Å². The van der Waals surface area contributed by atoms with Crippen LogP contribution in [0.4, 0.5) is 5.69 Å². The van der Waals surface area contributed by atoms with Crippen molar-refractivity contribution >= 4 is 28.2 Å². The summed E-state index contributed by atoms with van der Waals surface area (Å²) in [4.78, 5) is 4.67. The van der Waals surface area contributed by atoms with Crippen LogP contribution in [0.25, 0.3) is 10.9 Å². The number of halogens is 1. The molecule has 0 radical (unpaired) electrons. The highest BCUT2D eigenvalue weighted by Crippen LogP contribution is 2.23. The first kappa shape index (κ1) is 13.7.